The van der Waals surface area contributed by atoms with Crippen LogP contribution in [0.4, 0.5) is 0 Å². The van der Waals surface area contributed by atoms with Crippen molar-refractivity contribution in [3.05, 3.63) is 53.7 Å². The summed E-state index contributed by atoms with van der Waals surface area (Å²) >= 11 is 0. The first-order valence-electron chi connectivity index (χ1n) is 8.47. The summed E-state index contributed by atoms with van der Waals surface area (Å²) in [5.41, 5.74) is 1.85. The number of carbonyl (C=O) groups excluding carboxylic acids is 1. The second kappa shape index (κ2) is 5.89. The molecule has 2 fully saturated rings. The summed E-state index contributed by atoms with van der Waals surface area (Å²) < 4.78 is 5.02. The summed E-state index contributed by atoms with van der Waals surface area (Å²) in [7, 11) is 1.54. The summed E-state index contributed by atoms with van der Waals surface area (Å²) in [6, 6.07) is 13.9. The van der Waals surface area contributed by atoms with Gasteiger partial charge in [0.2, 0.25) is 5.88 Å². The molecule has 1 aliphatic carbocycles. The van der Waals surface area contributed by atoms with Crippen molar-refractivity contribution in [2.75, 3.05) is 13.7 Å². The van der Waals surface area contributed by atoms with Gasteiger partial charge in [-0.25, -0.2) is 0 Å². The van der Waals surface area contributed by atoms with Gasteiger partial charge in [0.25, 0.3) is 5.91 Å². The molecule has 2 heterocycles. The molecule has 2 aromatic rings. The summed E-state index contributed by atoms with van der Waals surface area (Å²) in [5, 5.41) is 7.96. The van der Waals surface area contributed by atoms with Crippen molar-refractivity contribution in [2.24, 2.45) is 5.41 Å². The molecule has 5 heteroatoms. The highest BCUT2D eigenvalue weighted by Crippen LogP contribution is 2.58. The molecule has 1 amide bonds. The largest absolute Gasteiger partial charge is 0.480 e. The van der Waals surface area contributed by atoms with Crippen molar-refractivity contribution in [1.82, 2.24) is 15.1 Å². The average Bonchev–Trinajstić information content (AvgIpc) is 3.12. The highest BCUT2D eigenvalue weighted by atomic mass is 16.5. The van der Waals surface area contributed by atoms with Gasteiger partial charge in [0.1, 0.15) is 0 Å². The zero-order chi connectivity index (χ0) is 16.6. The number of benzene rings is 1. The number of rotatable bonds is 3. The third-order valence-corrected chi connectivity index (χ3v) is 5.42. The van der Waals surface area contributed by atoms with E-state index in [0.29, 0.717) is 11.6 Å². The molecule has 1 atom stereocenters. The predicted octanol–water partition coefficient (Wildman–Crippen LogP) is 3.24. The fourth-order valence-electron chi connectivity index (χ4n) is 4.29. The van der Waals surface area contributed by atoms with E-state index in [9.17, 15) is 4.79 Å². The van der Waals surface area contributed by atoms with Crippen LogP contribution in [0.2, 0.25) is 0 Å². The summed E-state index contributed by atoms with van der Waals surface area (Å²) in [5.74, 6) is 0.374. The monoisotopic (exact) mass is 323 g/mol. The lowest BCUT2D eigenvalue weighted by molar-refractivity contribution is -0.0514. The second-order valence-corrected chi connectivity index (χ2v) is 6.78. The maximum Gasteiger partial charge on any atom is 0.274 e. The van der Waals surface area contributed by atoms with Crippen molar-refractivity contribution in [2.45, 2.75) is 31.7 Å². The van der Waals surface area contributed by atoms with Crippen LogP contribution < -0.4 is 4.74 Å². The minimum absolute atomic E-state index is 0.0449. The van der Waals surface area contributed by atoms with Crippen molar-refractivity contribution in [1.29, 1.82) is 0 Å². The lowest BCUT2D eigenvalue weighted by Crippen LogP contribution is -2.59. The van der Waals surface area contributed by atoms with Crippen LogP contribution in [0.1, 0.15) is 47.8 Å². The summed E-state index contributed by atoms with van der Waals surface area (Å²) in [6.07, 6.45) is 4.91. The number of hydrogen-bond donors (Lipinski definition) is 0. The minimum atomic E-state index is -0.0449. The van der Waals surface area contributed by atoms with E-state index in [-0.39, 0.29) is 17.4 Å². The van der Waals surface area contributed by atoms with Crippen molar-refractivity contribution < 1.29 is 9.53 Å². The molecule has 124 valence electrons. The van der Waals surface area contributed by atoms with E-state index < -0.39 is 0 Å². The topological polar surface area (TPSA) is 55.3 Å². The summed E-state index contributed by atoms with van der Waals surface area (Å²) in [4.78, 5) is 14.9. The third kappa shape index (κ3) is 2.35. The Morgan fingerprint density at radius 1 is 1.12 bits per heavy atom. The Balaban J connectivity index is 1.63. The normalized spacial score (nSPS) is 21.5. The van der Waals surface area contributed by atoms with Crippen LogP contribution in [0.3, 0.4) is 0 Å². The zero-order valence-corrected chi connectivity index (χ0v) is 13.8. The zero-order valence-electron chi connectivity index (χ0n) is 13.8. The van der Waals surface area contributed by atoms with E-state index in [2.05, 4.69) is 22.3 Å². The predicted molar refractivity (Wildman–Crippen MR) is 89.7 cm³/mol. The highest BCUT2D eigenvalue weighted by Gasteiger charge is 2.56. The molecule has 1 saturated carbocycles. The highest BCUT2D eigenvalue weighted by molar-refractivity contribution is 5.93. The first-order chi connectivity index (χ1) is 11.7. The summed E-state index contributed by atoms with van der Waals surface area (Å²) in [6.45, 7) is 0.819. The van der Waals surface area contributed by atoms with Gasteiger partial charge in [0.15, 0.2) is 5.69 Å². The smallest absolute Gasteiger partial charge is 0.274 e. The number of amides is 1. The Morgan fingerprint density at radius 2 is 1.88 bits per heavy atom. The quantitative estimate of drug-likeness (QED) is 0.870. The molecule has 2 aliphatic rings. The van der Waals surface area contributed by atoms with Crippen LogP contribution in [0.5, 0.6) is 5.88 Å². The molecule has 5 nitrogen and oxygen atoms in total. The number of hydrogen-bond acceptors (Lipinski definition) is 4. The first-order valence-corrected chi connectivity index (χ1v) is 8.47. The molecular weight excluding hydrogens is 302 g/mol. The van der Waals surface area contributed by atoms with E-state index in [0.717, 1.165) is 6.54 Å². The van der Waals surface area contributed by atoms with Gasteiger partial charge < -0.3 is 9.64 Å². The maximum atomic E-state index is 12.9. The second-order valence-electron chi connectivity index (χ2n) is 6.78. The van der Waals surface area contributed by atoms with Gasteiger partial charge in [-0.15, -0.1) is 10.2 Å². The van der Waals surface area contributed by atoms with Crippen LogP contribution in [0.15, 0.2) is 42.5 Å². The van der Waals surface area contributed by atoms with Gasteiger partial charge in [0, 0.05) is 18.0 Å². The van der Waals surface area contributed by atoms with Gasteiger partial charge in [-0.05, 0) is 24.5 Å². The molecule has 1 aromatic carbocycles. The Kier molecular flexibility index (Phi) is 3.71. The number of aromatic nitrogens is 2. The van der Waals surface area contributed by atoms with Gasteiger partial charge in [-0.1, -0.05) is 43.2 Å². The van der Waals surface area contributed by atoms with E-state index in [1.807, 2.05) is 23.1 Å². The molecule has 1 saturated heterocycles. The minimum Gasteiger partial charge on any atom is -0.480 e. The van der Waals surface area contributed by atoms with Crippen LogP contribution in [-0.2, 0) is 0 Å². The van der Waals surface area contributed by atoms with Crippen molar-refractivity contribution >= 4 is 5.91 Å². The first kappa shape index (κ1) is 15.1. The fourth-order valence-corrected chi connectivity index (χ4v) is 4.29. The van der Waals surface area contributed by atoms with Crippen molar-refractivity contribution in [3.63, 3.8) is 0 Å². The van der Waals surface area contributed by atoms with Gasteiger partial charge in [0.05, 0.1) is 13.2 Å². The van der Waals surface area contributed by atoms with E-state index >= 15 is 0 Å². The molecule has 1 aliphatic heterocycles. The van der Waals surface area contributed by atoms with Crippen molar-refractivity contribution in [3.8, 4) is 5.88 Å². The Labute approximate surface area is 141 Å². The molecule has 4 rings (SSSR count). The van der Waals surface area contributed by atoms with E-state index in [4.69, 9.17) is 4.74 Å². The standard InChI is InChI=1S/C19H21N3O2/c1-24-16-10-9-15(20-21-16)18(23)22-13-19(11-5-6-12-19)17(22)14-7-3-2-4-8-14/h2-4,7-10,17H,5-6,11-13H2,1H3. The van der Waals surface area contributed by atoms with Gasteiger partial charge >= 0.3 is 0 Å². The molecule has 1 spiro atoms. The van der Waals surface area contributed by atoms with E-state index in [1.54, 1.807) is 12.1 Å². The molecule has 0 bridgehead atoms. The fraction of sp³-hybridized carbons (Fsp3) is 0.421. The Bertz CT molecular complexity index is 724. The molecule has 0 radical (unpaired) electrons. The number of nitrogens with zero attached hydrogens (tertiary/aromatic N) is 3. The van der Waals surface area contributed by atoms with Gasteiger partial charge in [-0.3, -0.25) is 4.79 Å². The van der Waals surface area contributed by atoms with Crippen LogP contribution in [0.25, 0.3) is 0 Å². The molecule has 24 heavy (non-hydrogen) atoms. The number of methoxy groups -OCH3 is 1. The van der Waals surface area contributed by atoms with Gasteiger partial charge in [-0.2, -0.15) is 0 Å². The van der Waals surface area contributed by atoms with Crippen LogP contribution in [-0.4, -0.2) is 34.7 Å². The lowest BCUT2D eigenvalue weighted by Gasteiger charge is -2.56. The lowest BCUT2D eigenvalue weighted by atomic mass is 9.67. The SMILES string of the molecule is COc1ccc(C(=O)N2CC3(CCCC3)C2c2ccccc2)nn1. The van der Waals surface area contributed by atoms with E-state index in [1.165, 1.54) is 38.4 Å². The number of carbonyl (C=O) groups is 1. The molecular formula is C19H21N3O2. The molecule has 1 aromatic heterocycles. The molecule has 1 unspecified atom stereocenters. The number of likely N-dealkylation sites (tertiary alicyclic amines) is 1. The maximum absolute atomic E-state index is 12.9. The Morgan fingerprint density at radius 3 is 2.50 bits per heavy atom. The average molecular weight is 323 g/mol. The third-order valence-electron chi connectivity index (χ3n) is 5.42. The van der Waals surface area contributed by atoms with Crippen LogP contribution in [0, 0.1) is 5.41 Å². The molecule has 0 N–H and O–H groups in total. The Hall–Kier alpha value is -2.43. The number of ether oxygens (including phenoxy) is 1. The van der Waals surface area contributed by atoms with Crippen LogP contribution >= 0.6 is 0 Å².